The third-order valence-corrected chi connectivity index (χ3v) is 3.27. The van der Waals surface area contributed by atoms with E-state index < -0.39 is 0 Å². The van der Waals surface area contributed by atoms with Crippen molar-refractivity contribution >= 4 is 5.95 Å². The van der Waals surface area contributed by atoms with Crippen LogP contribution in [0.5, 0.6) is 0 Å². The van der Waals surface area contributed by atoms with Crippen LogP contribution < -0.4 is 10.2 Å². The number of imidazole rings is 1. The Balaban J connectivity index is 2.04. The van der Waals surface area contributed by atoms with E-state index in [-0.39, 0.29) is 0 Å². The molecule has 4 heteroatoms. The molecule has 1 aromatic heterocycles. The van der Waals surface area contributed by atoms with E-state index in [1.807, 2.05) is 12.4 Å². The highest BCUT2D eigenvalue weighted by Gasteiger charge is 2.20. The average molecular weight is 236 g/mol. The number of hydrogen-bond acceptors (Lipinski definition) is 3. The number of nitrogens with zero attached hydrogens (tertiary/aromatic N) is 3. The maximum absolute atomic E-state index is 4.47. The first-order valence-corrected chi connectivity index (χ1v) is 6.62. The van der Waals surface area contributed by atoms with Crippen LogP contribution in [0.2, 0.25) is 0 Å². The van der Waals surface area contributed by atoms with Crippen LogP contribution in [0, 0.1) is 5.92 Å². The second kappa shape index (κ2) is 5.54. The van der Waals surface area contributed by atoms with Gasteiger partial charge in [0, 0.05) is 38.6 Å². The number of rotatable bonds is 5. The van der Waals surface area contributed by atoms with E-state index in [2.05, 4.69) is 40.7 Å². The van der Waals surface area contributed by atoms with Gasteiger partial charge in [-0.05, 0) is 25.3 Å². The average Bonchev–Trinajstić information content (AvgIpc) is 2.87. The van der Waals surface area contributed by atoms with E-state index in [1.165, 1.54) is 19.4 Å². The molecule has 0 radical (unpaired) electrons. The molecule has 0 spiro atoms. The monoisotopic (exact) mass is 236 g/mol. The summed E-state index contributed by atoms with van der Waals surface area (Å²) in [6.45, 7) is 7.84. The molecule has 1 atom stereocenters. The minimum Gasteiger partial charge on any atom is -0.340 e. The summed E-state index contributed by atoms with van der Waals surface area (Å²) in [7, 11) is 2.07. The molecule has 0 aromatic carbocycles. The topological polar surface area (TPSA) is 33.1 Å². The van der Waals surface area contributed by atoms with Crippen molar-refractivity contribution in [3.05, 3.63) is 12.4 Å². The van der Waals surface area contributed by atoms with Gasteiger partial charge in [-0.25, -0.2) is 4.98 Å². The Kier molecular flexibility index (Phi) is 4.05. The number of hydrogen-bond donors (Lipinski definition) is 1. The highest BCUT2D eigenvalue weighted by atomic mass is 15.3. The summed E-state index contributed by atoms with van der Waals surface area (Å²) in [5, 5.41) is 3.56. The summed E-state index contributed by atoms with van der Waals surface area (Å²) < 4.78 is 2.11. The van der Waals surface area contributed by atoms with Crippen molar-refractivity contribution in [3.8, 4) is 0 Å². The molecule has 0 amide bonds. The quantitative estimate of drug-likeness (QED) is 0.843. The summed E-state index contributed by atoms with van der Waals surface area (Å²) in [5.41, 5.74) is 0. The molecule has 0 aliphatic carbocycles. The number of anilines is 1. The Bertz CT molecular complexity index is 339. The van der Waals surface area contributed by atoms with Gasteiger partial charge in [0.15, 0.2) is 0 Å². The summed E-state index contributed by atoms with van der Waals surface area (Å²) in [4.78, 5) is 6.88. The van der Waals surface area contributed by atoms with Crippen LogP contribution in [-0.2, 0) is 7.05 Å². The molecule has 4 nitrogen and oxygen atoms in total. The first kappa shape index (κ1) is 12.4. The Morgan fingerprint density at radius 2 is 2.41 bits per heavy atom. The van der Waals surface area contributed by atoms with Gasteiger partial charge in [0.1, 0.15) is 0 Å². The Morgan fingerprint density at radius 3 is 2.94 bits per heavy atom. The molecule has 1 fully saturated rings. The van der Waals surface area contributed by atoms with Crippen LogP contribution in [0.1, 0.15) is 26.7 Å². The molecule has 17 heavy (non-hydrogen) atoms. The van der Waals surface area contributed by atoms with Gasteiger partial charge in [-0.1, -0.05) is 13.8 Å². The van der Waals surface area contributed by atoms with Crippen molar-refractivity contribution in [1.82, 2.24) is 14.9 Å². The molecule has 2 heterocycles. The predicted molar refractivity (Wildman–Crippen MR) is 71.3 cm³/mol. The number of aromatic nitrogens is 2. The first-order valence-electron chi connectivity index (χ1n) is 6.62. The maximum Gasteiger partial charge on any atom is 0.205 e. The molecule has 1 unspecified atom stereocenters. The van der Waals surface area contributed by atoms with Crippen LogP contribution >= 0.6 is 0 Å². The van der Waals surface area contributed by atoms with Crippen LogP contribution in [0.25, 0.3) is 0 Å². The van der Waals surface area contributed by atoms with Crippen molar-refractivity contribution in [2.75, 3.05) is 24.5 Å². The van der Waals surface area contributed by atoms with Crippen LogP contribution in [0.3, 0.4) is 0 Å². The molecule has 1 aliphatic rings. The minimum absolute atomic E-state index is 0.630. The lowest BCUT2D eigenvalue weighted by Crippen LogP contribution is -2.40. The summed E-state index contributed by atoms with van der Waals surface area (Å²) >= 11 is 0. The molecule has 1 N–H and O–H groups in total. The summed E-state index contributed by atoms with van der Waals surface area (Å²) in [6.07, 6.45) is 6.50. The van der Waals surface area contributed by atoms with E-state index in [1.54, 1.807) is 0 Å². The lowest BCUT2D eigenvalue weighted by molar-refractivity contribution is 0.529. The number of aryl methyl sites for hydroxylation is 1. The molecule has 1 aliphatic heterocycles. The van der Waals surface area contributed by atoms with E-state index in [0.717, 1.165) is 19.0 Å². The second-order valence-electron chi connectivity index (χ2n) is 5.43. The van der Waals surface area contributed by atoms with Gasteiger partial charge >= 0.3 is 0 Å². The van der Waals surface area contributed by atoms with Gasteiger partial charge < -0.3 is 14.8 Å². The zero-order valence-corrected chi connectivity index (χ0v) is 11.2. The molecular formula is C13H24N4. The van der Waals surface area contributed by atoms with Gasteiger partial charge in [-0.15, -0.1) is 0 Å². The Morgan fingerprint density at radius 1 is 1.59 bits per heavy atom. The normalized spacial score (nSPS) is 20.1. The molecule has 1 aromatic rings. The molecule has 96 valence electrons. The van der Waals surface area contributed by atoms with Crippen molar-refractivity contribution in [2.24, 2.45) is 13.0 Å². The molecule has 0 bridgehead atoms. The van der Waals surface area contributed by atoms with Crippen molar-refractivity contribution in [2.45, 2.75) is 32.7 Å². The van der Waals surface area contributed by atoms with Gasteiger partial charge in [-0.3, -0.25) is 0 Å². The fraction of sp³-hybridized carbons (Fsp3) is 0.769. The highest BCUT2D eigenvalue weighted by Crippen LogP contribution is 2.15. The molecule has 1 saturated heterocycles. The standard InChI is InChI=1S/C13H24N4/c1-11(2)9-17(10-12-5-4-6-14-12)13-15-7-8-16(13)3/h7-8,11-12,14H,4-6,9-10H2,1-3H3. The van der Waals surface area contributed by atoms with E-state index >= 15 is 0 Å². The van der Waals surface area contributed by atoms with Crippen molar-refractivity contribution in [1.29, 1.82) is 0 Å². The lowest BCUT2D eigenvalue weighted by atomic mass is 10.1. The van der Waals surface area contributed by atoms with Gasteiger partial charge in [0.05, 0.1) is 0 Å². The van der Waals surface area contributed by atoms with E-state index in [4.69, 9.17) is 0 Å². The lowest BCUT2D eigenvalue weighted by Gasteiger charge is -2.28. The zero-order valence-electron chi connectivity index (χ0n) is 11.2. The minimum atomic E-state index is 0.630. The van der Waals surface area contributed by atoms with Gasteiger partial charge in [0.2, 0.25) is 5.95 Å². The third-order valence-electron chi connectivity index (χ3n) is 3.27. The Hall–Kier alpha value is -1.03. The summed E-state index contributed by atoms with van der Waals surface area (Å²) in [6, 6.07) is 0.630. The first-order chi connectivity index (χ1) is 8.16. The SMILES string of the molecule is CC(C)CN(CC1CCCN1)c1nccn1C. The van der Waals surface area contributed by atoms with Crippen LogP contribution in [0.15, 0.2) is 12.4 Å². The molecule has 0 saturated carbocycles. The van der Waals surface area contributed by atoms with Gasteiger partial charge in [-0.2, -0.15) is 0 Å². The fourth-order valence-electron chi connectivity index (χ4n) is 2.52. The van der Waals surface area contributed by atoms with Crippen molar-refractivity contribution < 1.29 is 0 Å². The zero-order chi connectivity index (χ0) is 12.3. The molecule has 2 rings (SSSR count). The smallest absolute Gasteiger partial charge is 0.205 e. The van der Waals surface area contributed by atoms with Crippen LogP contribution in [-0.4, -0.2) is 35.2 Å². The largest absolute Gasteiger partial charge is 0.340 e. The third kappa shape index (κ3) is 3.22. The maximum atomic E-state index is 4.47. The van der Waals surface area contributed by atoms with Gasteiger partial charge in [0.25, 0.3) is 0 Å². The fourth-order valence-corrected chi connectivity index (χ4v) is 2.52. The molecular weight excluding hydrogens is 212 g/mol. The second-order valence-corrected chi connectivity index (χ2v) is 5.43. The summed E-state index contributed by atoms with van der Waals surface area (Å²) in [5.74, 6) is 1.75. The Labute approximate surface area is 104 Å². The van der Waals surface area contributed by atoms with Crippen molar-refractivity contribution in [3.63, 3.8) is 0 Å². The number of nitrogens with one attached hydrogen (secondary N) is 1. The highest BCUT2D eigenvalue weighted by molar-refractivity contribution is 5.31. The van der Waals surface area contributed by atoms with E-state index in [9.17, 15) is 0 Å². The van der Waals surface area contributed by atoms with E-state index in [0.29, 0.717) is 12.0 Å². The predicted octanol–water partition coefficient (Wildman–Crippen LogP) is 1.63. The van der Waals surface area contributed by atoms with Crippen LogP contribution in [0.4, 0.5) is 5.95 Å².